The molecule has 0 heterocycles. The summed E-state index contributed by atoms with van der Waals surface area (Å²) in [6, 6.07) is 3.59. The minimum absolute atomic E-state index is 0.178. The van der Waals surface area contributed by atoms with E-state index in [1.807, 2.05) is 0 Å². The van der Waals surface area contributed by atoms with Crippen molar-refractivity contribution in [3.63, 3.8) is 0 Å². The zero-order valence-electron chi connectivity index (χ0n) is 9.16. The van der Waals surface area contributed by atoms with Gasteiger partial charge in [-0.05, 0) is 37.6 Å². The largest absolute Gasteiger partial charge is 0.508 e. The van der Waals surface area contributed by atoms with E-state index in [1.54, 1.807) is 13.8 Å². The van der Waals surface area contributed by atoms with E-state index in [0.29, 0.717) is 17.7 Å². The van der Waals surface area contributed by atoms with Gasteiger partial charge in [0.15, 0.2) is 0 Å². The number of hydrogen-bond acceptors (Lipinski definition) is 3. The number of hydrogen-bond donors (Lipinski definition) is 1. The van der Waals surface area contributed by atoms with Crippen LogP contribution in [-0.4, -0.2) is 17.7 Å². The Morgan fingerprint density at radius 3 is 2.75 bits per heavy atom. The van der Waals surface area contributed by atoms with Gasteiger partial charge in [-0.2, -0.15) is 0 Å². The van der Waals surface area contributed by atoms with Gasteiger partial charge in [-0.1, -0.05) is 0 Å². The first-order chi connectivity index (χ1) is 7.52. The van der Waals surface area contributed by atoms with E-state index >= 15 is 0 Å². The van der Waals surface area contributed by atoms with E-state index in [0.717, 1.165) is 6.07 Å². The Labute approximate surface area is 93.2 Å². The first-order valence-electron chi connectivity index (χ1n) is 4.88. The Balaban J connectivity index is 2.93. The molecular weight excluding hydrogens is 211 g/mol. The van der Waals surface area contributed by atoms with Crippen LogP contribution in [0.15, 0.2) is 23.8 Å². The number of aromatic hydroxyl groups is 1. The molecule has 1 rings (SSSR count). The average molecular weight is 224 g/mol. The molecular formula is C12H13FO3. The maximum atomic E-state index is 12.9. The fraction of sp³-hybridized carbons (Fsp3) is 0.250. The minimum atomic E-state index is -0.553. The number of halogens is 1. The number of carbonyl (C=O) groups is 1. The Bertz CT molecular complexity index is 404. The molecule has 4 heteroatoms. The molecule has 86 valence electrons. The third-order valence-electron chi connectivity index (χ3n) is 1.89. The molecule has 0 atom stereocenters. The van der Waals surface area contributed by atoms with Crippen molar-refractivity contribution in [2.75, 3.05) is 6.61 Å². The number of phenols is 1. The Morgan fingerprint density at radius 1 is 1.50 bits per heavy atom. The summed E-state index contributed by atoms with van der Waals surface area (Å²) in [5.41, 5.74) is 0.773. The van der Waals surface area contributed by atoms with Crippen LogP contribution in [0.1, 0.15) is 19.4 Å². The second-order valence-electron chi connectivity index (χ2n) is 3.29. The van der Waals surface area contributed by atoms with E-state index in [1.165, 1.54) is 18.2 Å². The molecule has 16 heavy (non-hydrogen) atoms. The summed E-state index contributed by atoms with van der Waals surface area (Å²) >= 11 is 0. The normalized spacial score (nSPS) is 11.3. The van der Waals surface area contributed by atoms with E-state index in [9.17, 15) is 9.18 Å². The zero-order chi connectivity index (χ0) is 12.1. The van der Waals surface area contributed by atoms with Gasteiger partial charge < -0.3 is 9.84 Å². The molecule has 0 aromatic heterocycles. The molecule has 1 N–H and O–H groups in total. The average Bonchev–Trinajstić information content (AvgIpc) is 2.16. The van der Waals surface area contributed by atoms with E-state index in [-0.39, 0.29) is 5.75 Å². The Morgan fingerprint density at radius 2 is 2.19 bits per heavy atom. The summed E-state index contributed by atoms with van der Waals surface area (Å²) in [4.78, 5) is 11.3. The summed E-state index contributed by atoms with van der Waals surface area (Å²) < 4.78 is 17.7. The predicted octanol–water partition coefficient (Wildman–Crippen LogP) is 2.50. The Hall–Kier alpha value is -1.84. The van der Waals surface area contributed by atoms with Crippen LogP contribution in [0.5, 0.6) is 5.75 Å². The van der Waals surface area contributed by atoms with Gasteiger partial charge in [-0.3, -0.25) is 0 Å². The van der Waals surface area contributed by atoms with Crippen molar-refractivity contribution in [1.82, 2.24) is 0 Å². The third kappa shape index (κ3) is 3.38. The summed E-state index contributed by atoms with van der Waals surface area (Å²) in [7, 11) is 0. The smallest absolute Gasteiger partial charge is 0.333 e. The molecule has 0 spiro atoms. The molecule has 0 fully saturated rings. The van der Waals surface area contributed by atoms with Gasteiger partial charge in [-0.25, -0.2) is 9.18 Å². The second kappa shape index (κ2) is 5.30. The zero-order valence-corrected chi connectivity index (χ0v) is 9.16. The fourth-order valence-electron chi connectivity index (χ4n) is 1.23. The van der Waals surface area contributed by atoms with Crippen LogP contribution in [-0.2, 0) is 9.53 Å². The van der Waals surface area contributed by atoms with Crippen LogP contribution in [0.2, 0.25) is 0 Å². The van der Waals surface area contributed by atoms with Crippen molar-refractivity contribution in [1.29, 1.82) is 0 Å². The highest BCUT2D eigenvalue weighted by atomic mass is 19.1. The predicted molar refractivity (Wildman–Crippen MR) is 58.3 cm³/mol. The van der Waals surface area contributed by atoms with Gasteiger partial charge in [0.1, 0.15) is 11.6 Å². The maximum Gasteiger partial charge on any atom is 0.333 e. The van der Waals surface area contributed by atoms with E-state index in [2.05, 4.69) is 0 Å². The SMILES string of the molecule is CCOC(=O)/C(C)=C/c1cc(O)cc(F)c1. The van der Waals surface area contributed by atoms with Crippen molar-refractivity contribution < 1.29 is 19.0 Å². The number of esters is 1. The van der Waals surface area contributed by atoms with Gasteiger partial charge >= 0.3 is 5.97 Å². The van der Waals surface area contributed by atoms with Crippen LogP contribution in [0, 0.1) is 5.82 Å². The van der Waals surface area contributed by atoms with Crippen LogP contribution < -0.4 is 0 Å². The number of rotatable bonds is 3. The lowest BCUT2D eigenvalue weighted by molar-refractivity contribution is -0.138. The lowest BCUT2D eigenvalue weighted by Gasteiger charge is -2.02. The highest BCUT2D eigenvalue weighted by molar-refractivity contribution is 5.93. The molecule has 1 aromatic rings. The molecule has 0 aliphatic heterocycles. The molecule has 0 radical (unpaired) electrons. The maximum absolute atomic E-state index is 12.9. The van der Waals surface area contributed by atoms with Crippen molar-refractivity contribution in [3.8, 4) is 5.75 Å². The Kier molecular flexibility index (Phi) is 4.05. The van der Waals surface area contributed by atoms with Gasteiger partial charge in [0.05, 0.1) is 6.61 Å². The fourth-order valence-corrected chi connectivity index (χ4v) is 1.23. The molecule has 0 unspecified atom stereocenters. The van der Waals surface area contributed by atoms with Gasteiger partial charge in [0, 0.05) is 11.6 Å². The quantitative estimate of drug-likeness (QED) is 0.633. The lowest BCUT2D eigenvalue weighted by atomic mass is 10.1. The van der Waals surface area contributed by atoms with E-state index in [4.69, 9.17) is 9.84 Å². The number of carbonyl (C=O) groups excluding carboxylic acids is 1. The third-order valence-corrected chi connectivity index (χ3v) is 1.89. The first-order valence-corrected chi connectivity index (χ1v) is 4.88. The lowest BCUT2D eigenvalue weighted by Crippen LogP contribution is -2.04. The van der Waals surface area contributed by atoms with Crippen LogP contribution >= 0.6 is 0 Å². The number of ether oxygens (including phenoxy) is 1. The van der Waals surface area contributed by atoms with Crippen molar-refractivity contribution in [2.24, 2.45) is 0 Å². The molecule has 0 saturated carbocycles. The monoisotopic (exact) mass is 224 g/mol. The van der Waals surface area contributed by atoms with Crippen LogP contribution in [0.3, 0.4) is 0 Å². The highest BCUT2D eigenvalue weighted by Gasteiger charge is 2.05. The summed E-state index contributed by atoms with van der Waals surface area (Å²) in [5, 5.41) is 9.16. The van der Waals surface area contributed by atoms with Crippen LogP contribution in [0.25, 0.3) is 6.08 Å². The molecule has 0 saturated heterocycles. The van der Waals surface area contributed by atoms with Crippen molar-refractivity contribution in [3.05, 3.63) is 35.2 Å². The molecule has 3 nitrogen and oxygen atoms in total. The van der Waals surface area contributed by atoms with Crippen molar-refractivity contribution in [2.45, 2.75) is 13.8 Å². The molecule has 0 amide bonds. The number of benzene rings is 1. The summed E-state index contributed by atoms with van der Waals surface area (Å²) in [6.45, 7) is 3.57. The second-order valence-corrected chi connectivity index (χ2v) is 3.29. The van der Waals surface area contributed by atoms with Gasteiger partial charge in [-0.15, -0.1) is 0 Å². The standard InChI is InChI=1S/C12H13FO3/c1-3-16-12(15)8(2)4-9-5-10(13)7-11(14)6-9/h4-7,14H,3H2,1-2H3/b8-4+. The minimum Gasteiger partial charge on any atom is -0.508 e. The summed E-state index contributed by atoms with van der Waals surface area (Å²) in [5.74, 6) is -1.18. The molecule has 0 aliphatic carbocycles. The van der Waals surface area contributed by atoms with E-state index < -0.39 is 11.8 Å². The molecule has 0 bridgehead atoms. The summed E-state index contributed by atoms with van der Waals surface area (Å²) in [6.07, 6.45) is 1.46. The van der Waals surface area contributed by atoms with Crippen molar-refractivity contribution >= 4 is 12.0 Å². The highest BCUT2D eigenvalue weighted by Crippen LogP contribution is 2.17. The topological polar surface area (TPSA) is 46.5 Å². The van der Waals surface area contributed by atoms with Crippen LogP contribution in [0.4, 0.5) is 4.39 Å². The van der Waals surface area contributed by atoms with Gasteiger partial charge in [0.25, 0.3) is 0 Å². The first kappa shape index (κ1) is 12.2. The number of phenolic OH excluding ortho intramolecular Hbond substituents is 1. The molecule has 1 aromatic carbocycles. The molecule has 0 aliphatic rings. The van der Waals surface area contributed by atoms with Gasteiger partial charge in [0.2, 0.25) is 0 Å².